The van der Waals surface area contributed by atoms with Crippen LogP contribution in [0.4, 0.5) is 0 Å². The second-order valence-corrected chi connectivity index (χ2v) is 8.30. The van der Waals surface area contributed by atoms with Crippen molar-refractivity contribution in [3.63, 3.8) is 0 Å². The summed E-state index contributed by atoms with van der Waals surface area (Å²) in [5, 5.41) is 0. The molecule has 5 rings (SSSR count). The van der Waals surface area contributed by atoms with E-state index in [2.05, 4.69) is 6.07 Å². The first-order valence-electron chi connectivity index (χ1n) is 10.6. The summed E-state index contributed by atoms with van der Waals surface area (Å²) in [6.07, 6.45) is 0.498. The van der Waals surface area contributed by atoms with Gasteiger partial charge in [-0.1, -0.05) is 29.8 Å². The van der Waals surface area contributed by atoms with Crippen molar-refractivity contribution >= 4 is 17.7 Å². The van der Waals surface area contributed by atoms with Crippen molar-refractivity contribution in [2.75, 3.05) is 26.2 Å². The van der Waals surface area contributed by atoms with Crippen LogP contribution in [-0.2, 0) is 16.0 Å². The first-order chi connectivity index (χ1) is 15.0. The summed E-state index contributed by atoms with van der Waals surface area (Å²) in [5.41, 5.74) is 3.15. The lowest BCUT2D eigenvalue weighted by Crippen LogP contribution is -2.54. The van der Waals surface area contributed by atoms with E-state index >= 15 is 0 Å². The molecule has 31 heavy (non-hydrogen) atoms. The van der Waals surface area contributed by atoms with Crippen molar-refractivity contribution in [3.05, 3.63) is 64.7 Å². The maximum atomic E-state index is 13.1. The number of hydrogen-bond acceptors (Lipinski definition) is 5. The van der Waals surface area contributed by atoms with Crippen molar-refractivity contribution in [1.29, 1.82) is 0 Å². The van der Waals surface area contributed by atoms with Gasteiger partial charge in [-0.2, -0.15) is 0 Å². The lowest BCUT2D eigenvalue weighted by atomic mass is 9.99. The molecule has 3 aliphatic heterocycles. The zero-order chi connectivity index (χ0) is 21.5. The molecule has 0 bridgehead atoms. The van der Waals surface area contributed by atoms with Crippen LogP contribution in [0.25, 0.3) is 0 Å². The first kappa shape index (κ1) is 19.8. The minimum absolute atomic E-state index is 0.0677. The molecule has 2 atom stereocenters. The highest BCUT2D eigenvalue weighted by molar-refractivity contribution is 6.21. The van der Waals surface area contributed by atoms with Gasteiger partial charge in [0.1, 0.15) is 5.75 Å². The SMILES string of the molecule is Cc1ccc2c(c1)CCC(C(=O)N1CCOC(CN3C(=O)c4ccccc4C3=O)C1)O2. The Bertz CT molecular complexity index is 1030. The van der Waals surface area contributed by atoms with Gasteiger partial charge in [0.2, 0.25) is 0 Å². The number of imide groups is 1. The molecule has 3 aliphatic rings. The molecule has 1 fully saturated rings. The lowest BCUT2D eigenvalue weighted by Gasteiger charge is -2.37. The van der Waals surface area contributed by atoms with E-state index in [1.807, 2.05) is 19.1 Å². The number of aryl methyl sites for hydroxylation is 2. The molecule has 3 heterocycles. The van der Waals surface area contributed by atoms with Gasteiger partial charge in [-0.05, 0) is 43.5 Å². The molecule has 3 amide bonds. The van der Waals surface area contributed by atoms with Crippen LogP contribution < -0.4 is 4.74 Å². The van der Waals surface area contributed by atoms with Crippen molar-refractivity contribution in [2.45, 2.75) is 32.0 Å². The van der Waals surface area contributed by atoms with Crippen molar-refractivity contribution < 1.29 is 23.9 Å². The molecule has 2 aromatic rings. The fourth-order valence-electron chi connectivity index (χ4n) is 4.53. The molecular weight excluding hydrogens is 396 g/mol. The Kier molecular flexibility index (Phi) is 4.98. The van der Waals surface area contributed by atoms with E-state index in [9.17, 15) is 14.4 Å². The largest absolute Gasteiger partial charge is 0.480 e. The Balaban J connectivity index is 1.24. The second kappa shape index (κ2) is 7.81. The fourth-order valence-corrected chi connectivity index (χ4v) is 4.53. The summed E-state index contributed by atoms with van der Waals surface area (Å²) in [6.45, 7) is 3.33. The fraction of sp³-hybridized carbons (Fsp3) is 0.375. The monoisotopic (exact) mass is 420 g/mol. The van der Waals surface area contributed by atoms with Crippen molar-refractivity contribution in [2.24, 2.45) is 0 Å². The van der Waals surface area contributed by atoms with Gasteiger partial charge in [-0.3, -0.25) is 19.3 Å². The normalized spacial score (nSPS) is 22.7. The molecule has 0 aliphatic carbocycles. The zero-order valence-electron chi connectivity index (χ0n) is 17.4. The van der Waals surface area contributed by atoms with Gasteiger partial charge in [0.25, 0.3) is 17.7 Å². The summed E-state index contributed by atoms with van der Waals surface area (Å²) >= 11 is 0. The molecule has 0 saturated carbocycles. The van der Waals surface area contributed by atoms with Crippen LogP contribution in [0, 0.1) is 6.92 Å². The third-order valence-electron chi connectivity index (χ3n) is 6.15. The van der Waals surface area contributed by atoms with Gasteiger partial charge in [-0.25, -0.2) is 0 Å². The van der Waals surface area contributed by atoms with Crippen LogP contribution in [0.1, 0.15) is 38.3 Å². The molecule has 0 aromatic heterocycles. The number of morpholine rings is 1. The van der Waals surface area contributed by atoms with E-state index in [-0.39, 0.29) is 24.3 Å². The van der Waals surface area contributed by atoms with Crippen molar-refractivity contribution in [3.8, 4) is 5.75 Å². The van der Waals surface area contributed by atoms with E-state index in [0.717, 1.165) is 17.7 Å². The smallest absolute Gasteiger partial charge is 0.263 e. The molecule has 0 radical (unpaired) electrons. The number of amides is 3. The Morgan fingerprint density at radius 3 is 2.58 bits per heavy atom. The highest BCUT2D eigenvalue weighted by atomic mass is 16.5. The van der Waals surface area contributed by atoms with Crippen LogP contribution in [0.2, 0.25) is 0 Å². The van der Waals surface area contributed by atoms with Crippen molar-refractivity contribution in [1.82, 2.24) is 9.80 Å². The van der Waals surface area contributed by atoms with Gasteiger partial charge in [0.15, 0.2) is 6.10 Å². The maximum absolute atomic E-state index is 13.1. The van der Waals surface area contributed by atoms with E-state index in [0.29, 0.717) is 37.2 Å². The molecule has 7 nitrogen and oxygen atoms in total. The number of carbonyl (C=O) groups excluding carboxylic acids is 3. The van der Waals surface area contributed by atoms with Gasteiger partial charge >= 0.3 is 0 Å². The Morgan fingerprint density at radius 2 is 1.84 bits per heavy atom. The summed E-state index contributed by atoms with van der Waals surface area (Å²) < 4.78 is 11.8. The quantitative estimate of drug-likeness (QED) is 0.712. The summed E-state index contributed by atoms with van der Waals surface area (Å²) in [5.74, 6) is 0.0817. The highest BCUT2D eigenvalue weighted by Crippen LogP contribution is 2.29. The number of fused-ring (bicyclic) bond motifs is 2. The van der Waals surface area contributed by atoms with Gasteiger partial charge in [0.05, 0.1) is 30.4 Å². The van der Waals surface area contributed by atoms with Crippen LogP contribution in [0.15, 0.2) is 42.5 Å². The Morgan fingerprint density at radius 1 is 1.10 bits per heavy atom. The van der Waals surface area contributed by atoms with E-state index in [4.69, 9.17) is 9.47 Å². The first-order valence-corrected chi connectivity index (χ1v) is 10.6. The standard InChI is InChI=1S/C24H24N2O5/c1-15-6-8-20-16(12-15)7-9-21(31-20)24(29)25-10-11-30-17(13-25)14-26-22(27)18-4-2-3-5-19(18)23(26)28/h2-6,8,12,17,21H,7,9-11,13-14H2,1H3. The minimum atomic E-state index is -0.520. The molecule has 7 heteroatoms. The average molecular weight is 420 g/mol. The van der Waals surface area contributed by atoms with Gasteiger partial charge < -0.3 is 14.4 Å². The maximum Gasteiger partial charge on any atom is 0.263 e. The Labute approximate surface area is 180 Å². The molecule has 1 saturated heterocycles. The van der Waals surface area contributed by atoms with E-state index in [1.165, 1.54) is 10.5 Å². The topological polar surface area (TPSA) is 76.2 Å². The number of nitrogens with zero attached hydrogens (tertiary/aromatic N) is 2. The van der Waals surface area contributed by atoms with Crippen LogP contribution >= 0.6 is 0 Å². The second-order valence-electron chi connectivity index (χ2n) is 8.30. The zero-order valence-corrected chi connectivity index (χ0v) is 17.4. The number of carbonyl (C=O) groups is 3. The van der Waals surface area contributed by atoms with E-state index in [1.54, 1.807) is 29.2 Å². The average Bonchev–Trinajstić information content (AvgIpc) is 3.03. The summed E-state index contributed by atoms with van der Waals surface area (Å²) in [6, 6.07) is 12.8. The predicted octanol–water partition coefficient (Wildman–Crippen LogP) is 2.21. The van der Waals surface area contributed by atoms with Crippen LogP contribution in [0.3, 0.4) is 0 Å². The third kappa shape index (κ3) is 3.59. The highest BCUT2D eigenvalue weighted by Gasteiger charge is 2.39. The van der Waals surface area contributed by atoms with E-state index < -0.39 is 12.2 Å². The summed E-state index contributed by atoms with van der Waals surface area (Å²) in [7, 11) is 0. The third-order valence-corrected chi connectivity index (χ3v) is 6.15. The Hall–Kier alpha value is -3.19. The lowest BCUT2D eigenvalue weighted by molar-refractivity contribution is -0.147. The molecule has 0 N–H and O–H groups in total. The number of benzene rings is 2. The summed E-state index contributed by atoms with van der Waals surface area (Å²) in [4.78, 5) is 41.3. The number of hydrogen-bond donors (Lipinski definition) is 0. The molecule has 160 valence electrons. The number of rotatable bonds is 3. The van der Waals surface area contributed by atoms with Gasteiger partial charge in [0, 0.05) is 13.1 Å². The van der Waals surface area contributed by atoms with Crippen LogP contribution in [0.5, 0.6) is 5.75 Å². The molecule has 0 spiro atoms. The minimum Gasteiger partial charge on any atom is -0.480 e. The number of ether oxygens (including phenoxy) is 2. The van der Waals surface area contributed by atoms with Crippen LogP contribution in [-0.4, -0.2) is 66.0 Å². The molecule has 2 aromatic carbocycles. The molecule has 2 unspecified atom stereocenters. The molecular formula is C24H24N2O5. The predicted molar refractivity (Wildman–Crippen MR) is 112 cm³/mol. The van der Waals surface area contributed by atoms with Gasteiger partial charge in [-0.15, -0.1) is 0 Å².